The summed E-state index contributed by atoms with van der Waals surface area (Å²) in [6.07, 6.45) is 0.478. The summed E-state index contributed by atoms with van der Waals surface area (Å²) in [6.45, 7) is 2.53. The van der Waals surface area contributed by atoms with Crippen LogP contribution in [0, 0.1) is 6.92 Å². The molecule has 23 heavy (non-hydrogen) atoms. The van der Waals surface area contributed by atoms with Crippen molar-refractivity contribution in [3.63, 3.8) is 0 Å². The molecule has 0 heterocycles. The number of carbonyl (C=O) groups excluding carboxylic acids is 2. The number of aryl methyl sites for hydroxylation is 1. The lowest BCUT2D eigenvalue weighted by Gasteiger charge is -2.17. The molecular formula is C19H20BrNO2. The molecule has 0 saturated heterocycles. The fourth-order valence-corrected chi connectivity index (χ4v) is 2.51. The predicted octanol–water partition coefficient (Wildman–Crippen LogP) is 4.38. The molecule has 0 fully saturated rings. The number of nitrogens with zero attached hydrogens (tertiary/aromatic N) is 1. The summed E-state index contributed by atoms with van der Waals surface area (Å²) < 4.78 is 1.01. The van der Waals surface area contributed by atoms with Gasteiger partial charge in [-0.1, -0.05) is 57.9 Å². The van der Waals surface area contributed by atoms with Gasteiger partial charge in [-0.15, -0.1) is 0 Å². The van der Waals surface area contributed by atoms with E-state index in [1.807, 2.05) is 55.5 Å². The molecule has 0 spiro atoms. The number of hydrogen-bond donors (Lipinski definition) is 0. The summed E-state index contributed by atoms with van der Waals surface area (Å²) in [5.41, 5.74) is 2.85. The first-order valence-electron chi connectivity index (χ1n) is 7.54. The molecule has 3 nitrogen and oxygen atoms in total. The van der Waals surface area contributed by atoms with Crippen LogP contribution >= 0.6 is 15.9 Å². The van der Waals surface area contributed by atoms with Crippen LogP contribution in [0.2, 0.25) is 0 Å². The van der Waals surface area contributed by atoms with Crippen LogP contribution in [0.25, 0.3) is 0 Å². The second kappa shape index (κ2) is 8.06. The third-order valence-electron chi connectivity index (χ3n) is 3.70. The maximum Gasteiger partial charge on any atom is 0.223 e. The van der Waals surface area contributed by atoms with Crippen molar-refractivity contribution < 1.29 is 9.59 Å². The lowest BCUT2D eigenvalue weighted by molar-refractivity contribution is -0.130. The van der Waals surface area contributed by atoms with Crippen LogP contribution < -0.4 is 0 Å². The maximum absolute atomic E-state index is 12.2. The van der Waals surface area contributed by atoms with Crippen molar-refractivity contribution in [1.29, 1.82) is 0 Å². The minimum atomic E-state index is -0.0200. The lowest BCUT2D eigenvalue weighted by atomic mass is 10.0. The third kappa shape index (κ3) is 5.32. The number of Topliss-reactive ketones (excluding diaryl/α,β-unsaturated/α-hetero) is 1. The van der Waals surface area contributed by atoms with Crippen LogP contribution in [0.3, 0.4) is 0 Å². The number of halogens is 1. The SMILES string of the molecule is Cc1ccc(C(=O)CCC(=O)N(C)Cc2ccc(Br)cc2)cc1. The molecule has 2 aromatic carbocycles. The molecule has 0 radical (unpaired) electrons. The van der Waals surface area contributed by atoms with Crippen molar-refractivity contribution in [3.05, 3.63) is 69.7 Å². The zero-order valence-electron chi connectivity index (χ0n) is 13.4. The standard InChI is InChI=1S/C19H20BrNO2/c1-14-3-7-16(8-4-14)18(22)11-12-19(23)21(2)13-15-5-9-17(20)10-6-15/h3-10H,11-13H2,1-2H3. The molecule has 0 aliphatic rings. The normalized spacial score (nSPS) is 10.4. The van der Waals surface area contributed by atoms with Gasteiger partial charge in [-0.3, -0.25) is 9.59 Å². The third-order valence-corrected chi connectivity index (χ3v) is 4.23. The first-order valence-corrected chi connectivity index (χ1v) is 8.33. The van der Waals surface area contributed by atoms with E-state index in [1.54, 1.807) is 11.9 Å². The monoisotopic (exact) mass is 373 g/mol. The average molecular weight is 374 g/mol. The predicted molar refractivity (Wildman–Crippen MR) is 95.4 cm³/mol. The Balaban J connectivity index is 1.84. The van der Waals surface area contributed by atoms with Crippen molar-refractivity contribution >= 4 is 27.6 Å². The average Bonchev–Trinajstić information content (AvgIpc) is 2.55. The van der Waals surface area contributed by atoms with Crippen LogP contribution in [0.4, 0.5) is 0 Å². The Labute approximate surface area is 145 Å². The molecule has 4 heteroatoms. The quantitative estimate of drug-likeness (QED) is 0.704. The summed E-state index contributed by atoms with van der Waals surface area (Å²) in [6, 6.07) is 15.3. The number of hydrogen-bond acceptors (Lipinski definition) is 2. The fourth-order valence-electron chi connectivity index (χ4n) is 2.25. The molecule has 1 amide bonds. The van der Waals surface area contributed by atoms with Crippen molar-refractivity contribution in [2.45, 2.75) is 26.3 Å². The maximum atomic E-state index is 12.2. The van der Waals surface area contributed by atoms with Gasteiger partial charge in [0.15, 0.2) is 5.78 Å². The highest BCUT2D eigenvalue weighted by Crippen LogP contribution is 2.13. The molecule has 0 aromatic heterocycles. The van der Waals surface area contributed by atoms with Crippen molar-refractivity contribution in [2.75, 3.05) is 7.05 Å². The van der Waals surface area contributed by atoms with Gasteiger partial charge >= 0.3 is 0 Å². The van der Waals surface area contributed by atoms with Gasteiger partial charge in [0, 0.05) is 36.5 Å². The topological polar surface area (TPSA) is 37.4 Å². The van der Waals surface area contributed by atoms with E-state index in [0.717, 1.165) is 15.6 Å². The second-order valence-electron chi connectivity index (χ2n) is 5.67. The molecule has 2 rings (SSSR count). The Morgan fingerprint density at radius 3 is 2.17 bits per heavy atom. The largest absolute Gasteiger partial charge is 0.341 e. The van der Waals surface area contributed by atoms with Gasteiger partial charge in [-0.05, 0) is 24.6 Å². The minimum absolute atomic E-state index is 0.00962. The number of rotatable bonds is 6. The van der Waals surface area contributed by atoms with Crippen LogP contribution in [0.1, 0.15) is 34.3 Å². The van der Waals surface area contributed by atoms with Crippen molar-refractivity contribution in [2.24, 2.45) is 0 Å². The van der Waals surface area contributed by atoms with E-state index in [-0.39, 0.29) is 24.5 Å². The zero-order valence-corrected chi connectivity index (χ0v) is 15.0. The highest BCUT2D eigenvalue weighted by atomic mass is 79.9. The number of ketones is 1. The smallest absolute Gasteiger partial charge is 0.223 e. The fraction of sp³-hybridized carbons (Fsp3) is 0.263. The number of benzene rings is 2. The van der Waals surface area contributed by atoms with E-state index >= 15 is 0 Å². The highest BCUT2D eigenvalue weighted by Gasteiger charge is 2.13. The van der Waals surface area contributed by atoms with Crippen molar-refractivity contribution in [3.8, 4) is 0 Å². The first-order chi connectivity index (χ1) is 11.0. The highest BCUT2D eigenvalue weighted by molar-refractivity contribution is 9.10. The molecule has 2 aromatic rings. The summed E-state index contributed by atoms with van der Waals surface area (Å²) in [5.74, 6) is -0.0104. The van der Waals surface area contributed by atoms with E-state index in [1.165, 1.54) is 0 Å². The van der Waals surface area contributed by atoms with E-state index < -0.39 is 0 Å². The molecule has 0 N–H and O–H groups in total. The Kier molecular flexibility index (Phi) is 6.11. The van der Waals surface area contributed by atoms with Crippen LogP contribution in [0.15, 0.2) is 53.0 Å². The molecular weight excluding hydrogens is 354 g/mol. The van der Waals surface area contributed by atoms with Crippen LogP contribution in [-0.4, -0.2) is 23.6 Å². The van der Waals surface area contributed by atoms with Crippen LogP contribution in [-0.2, 0) is 11.3 Å². The molecule has 120 valence electrons. The molecule has 0 saturated carbocycles. The van der Waals surface area contributed by atoms with Gasteiger partial charge in [0.1, 0.15) is 0 Å². The van der Waals surface area contributed by atoms with Gasteiger partial charge in [-0.25, -0.2) is 0 Å². The van der Waals surface area contributed by atoms with Gasteiger partial charge < -0.3 is 4.90 Å². The van der Waals surface area contributed by atoms with Gasteiger partial charge in [0.05, 0.1) is 0 Å². The summed E-state index contributed by atoms with van der Waals surface area (Å²) in [5, 5.41) is 0. The van der Waals surface area contributed by atoms with Gasteiger partial charge in [0.25, 0.3) is 0 Å². The molecule has 0 unspecified atom stereocenters. The Bertz CT molecular complexity index is 678. The summed E-state index contributed by atoms with van der Waals surface area (Å²) >= 11 is 3.39. The first kappa shape index (κ1) is 17.4. The van der Waals surface area contributed by atoms with E-state index in [0.29, 0.717) is 12.1 Å². The minimum Gasteiger partial charge on any atom is -0.341 e. The van der Waals surface area contributed by atoms with Gasteiger partial charge in [-0.2, -0.15) is 0 Å². The van der Waals surface area contributed by atoms with E-state index in [2.05, 4.69) is 15.9 Å². The number of amides is 1. The van der Waals surface area contributed by atoms with E-state index in [9.17, 15) is 9.59 Å². The summed E-state index contributed by atoms with van der Waals surface area (Å²) in [4.78, 5) is 25.9. The number of carbonyl (C=O) groups is 2. The molecule has 0 aliphatic heterocycles. The lowest BCUT2D eigenvalue weighted by Crippen LogP contribution is -2.26. The Morgan fingerprint density at radius 1 is 0.957 bits per heavy atom. The van der Waals surface area contributed by atoms with Crippen molar-refractivity contribution in [1.82, 2.24) is 4.90 Å². The molecule has 0 bridgehead atoms. The molecule has 0 aliphatic carbocycles. The van der Waals surface area contributed by atoms with Gasteiger partial charge in [0.2, 0.25) is 5.91 Å². The summed E-state index contributed by atoms with van der Waals surface area (Å²) in [7, 11) is 1.76. The van der Waals surface area contributed by atoms with E-state index in [4.69, 9.17) is 0 Å². The van der Waals surface area contributed by atoms with Crippen LogP contribution in [0.5, 0.6) is 0 Å². The second-order valence-corrected chi connectivity index (χ2v) is 6.58. The Hall–Kier alpha value is -1.94. The molecule has 0 atom stereocenters. The zero-order chi connectivity index (χ0) is 16.8. The Morgan fingerprint density at radius 2 is 1.57 bits per heavy atom.